The SMILES string of the molecule is CC(=O)N(C(=O)N(c1ccc(C)cc1)c1ncccn1)C(C)(C)C. The van der Waals surface area contributed by atoms with Crippen LogP contribution in [0, 0.1) is 6.92 Å². The second-order valence-corrected chi connectivity index (χ2v) is 6.53. The third kappa shape index (κ3) is 3.76. The zero-order chi connectivity index (χ0) is 17.9. The topological polar surface area (TPSA) is 66.4 Å². The van der Waals surface area contributed by atoms with Crippen molar-refractivity contribution in [3.05, 3.63) is 48.3 Å². The highest BCUT2D eigenvalue weighted by Crippen LogP contribution is 2.26. The molecule has 6 nitrogen and oxygen atoms in total. The monoisotopic (exact) mass is 326 g/mol. The first kappa shape index (κ1) is 17.6. The van der Waals surface area contributed by atoms with Crippen LogP contribution in [0.25, 0.3) is 0 Å². The number of imide groups is 1. The third-order valence-corrected chi connectivity index (χ3v) is 3.41. The molecule has 0 saturated heterocycles. The van der Waals surface area contributed by atoms with Crippen molar-refractivity contribution >= 4 is 23.6 Å². The molecule has 2 rings (SSSR count). The summed E-state index contributed by atoms with van der Waals surface area (Å²) in [7, 11) is 0. The molecule has 0 aliphatic carbocycles. The maximum atomic E-state index is 13.2. The van der Waals surface area contributed by atoms with Crippen molar-refractivity contribution in [3.63, 3.8) is 0 Å². The summed E-state index contributed by atoms with van der Waals surface area (Å²) < 4.78 is 0. The number of urea groups is 1. The Morgan fingerprint density at radius 3 is 2.00 bits per heavy atom. The Bertz CT molecular complexity index is 721. The van der Waals surface area contributed by atoms with E-state index in [4.69, 9.17) is 0 Å². The number of aryl methyl sites for hydroxylation is 1. The van der Waals surface area contributed by atoms with E-state index in [-0.39, 0.29) is 11.9 Å². The normalized spacial score (nSPS) is 11.0. The van der Waals surface area contributed by atoms with E-state index >= 15 is 0 Å². The van der Waals surface area contributed by atoms with Crippen LogP contribution < -0.4 is 4.90 Å². The highest BCUT2D eigenvalue weighted by molar-refractivity contribution is 6.06. The van der Waals surface area contributed by atoms with Gasteiger partial charge in [-0.25, -0.2) is 19.7 Å². The smallest absolute Gasteiger partial charge is 0.275 e. The molecule has 0 aliphatic heterocycles. The van der Waals surface area contributed by atoms with E-state index in [1.165, 1.54) is 16.7 Å². The molecule has 2 aromatic rings. The van der Waals surface area contributed by atoms with E-state index in [0.717, 1.165) is 5.56 Å². The zero-order valence-electron chi connectivity index (χ0n) is 14.6. The number of nitrogens with zero attached hydrogens (tertiary/aromatic N) is 4. The van der Waals surface area contributed by atoms with Gasteiger partial charge < -0.3 is 0 Å². The lowest BCUT2D eigenvalue weighted by Gasteiger charge is -2.36. The van der Waals surface area contributed by atoms with Gasteiger partial charge in [0.2, 0.25) is 11.9 Å². The fraction of sp³-hybridized carbons (Fsp3) is 0.333. The number of hydrogen-bond acceptors (Lipinski definition) is 4. The molecular weight excluding hydrogens is 304 g/mol. The molecule has 0 N–H and O–H groups in total. The number of hydrogen-bond donors (Lipinski definition) is 0. The molecular formula is C18H22N4O2. The summed E-state index contributed by atoms with van der Waals surface area (Å²) in [5.41, 5.74) is 1.01. The van der Waals surface area contributed by atoms with Crippen LogP contribution in [-0.2, 0) is 4.79 Å². The molecule has 0 saturated carbocycles. The van der Waals surface area contributed by atoms with Crippen LogP contribution in [0.4, 0.5) is 16.4 Å². The number of rotatable bonds is 2. The van der Waals surface area contributed by atoms with Crippen LogP contribution in [-0.4, -0.2) is 32.3 Å². The average Bonchev–Trinajstić information content (AvgIpc) is 2.49. The molecule has 0 bridgehead atoms. The van der Waals surface area contributed by atoms with Crippen LogP contribution in [0.3, 0.4) is 0 Å². The second-order valence-electron chi connectivity index (χ2n) is 6.53. The number of carbonyl (C=O) groups is 2. The molecule has 0 fully saturated rings. The highest BCUT2D eigenvalue weighted by Gasteiger charge is 2.35. The van der Waals surface area contributed by atoms with E-state index in [9.17, 15) is 9.59 Å². The summed E-state index contributed by atoms with van der Waals surface area (Å²) in [5.74, 6) is -0.109. The van der Waals surface area contributed by atoms with E-state index < -0.39 is 11.6 Å². The molecule has 126 valence electrons. The van der Waals surface area contributed by atoms with Gasteiger partial charge in [-0.3, -0.25) is 9.69 Å². The molecule has 3 amide bonds. The third-order valence-electron chi connectivity index (χ3n) is 3.41. The van der Waals surface area contributed by atoms with Gasteiger partial charge in [-0.05, 0) is 45.9 Å². The Kier molecular flexibility index (Phi) is 4.97. The van der Waals surface area contributed by atoms with Crippen molar-refractivity contribution in [3.8, 4) is 0 Å². The van der Waals surface area contributed by atoms with Crippen LogP contribution in [0.5, 0.6) is 0 Å². The minimum absolute atomic E-state index is 0.224. The van der Waals surface area contributed by atoms with Crippen LogP contribution in [0.1, 0.15) is 33.3 Å². The largest absolute Gasteiger partial charge is 0.338 e. The zero-order valence-corrected chi connectivity index (χ0v) is 14.6. The van der Waals surface area contributed by atoms with Gasteiger partial charge in [-0.2, -0.15) is 0 Å². The molecule has 1 heterocycles. The van der Waals surface area contributed by atoms with E-state index in [0.29, 0.717) is 5.69 Å². The van der Waals surface area contributed by atoms with E-state index in [1.54, 1.807) is 18.5 Å². The first-order valence-electron chi connectivity index (χ1n) is 7.70. The van der Waals surface area contributed by atoms with Gasteiger partial charge in [-0.1, -0.05) is 17.7 Å². The van der Waals surface area contributed by atoms with Gasteiger partial charge in [0.15, 0.2) is 0 Å². The quantitative estimate of drug-likeness (QED) is 0.844. The first-order valence-corrected chi connectivity index (χ1v) is 7.70. The predicted molar refractivity (Wildman–Crippen MR) is 93.0 cm³/mol. The minimum Gasteiger partial charge on any atom is -0.275 e. The number of aromatic nitrogens is 2. The summed E-state index contributed by atoms with van der Waals surface area (Å²) in [6.07, 6.45) is 3.12. The maximum absolute atomic E-state index is 13.2. The van der Waals surface area contributed by atoms with Crippen LogP contribution in [0.15, 0.2) is 42.7 Å². The fourth-order valence-electron chi connectivity index (χ4n) is 2.41. The van der Waals surface area contributed by atoms with Crippen molar-refractivity contribution in [1.82, 2.24) is 14.9 Å². The Hall–Kier alpha value is -2.76. The highest BCUT2D eigenvalue weighted by atomic mass is 16.2. The lowest BCUT2D eigenvalue weighted by atomic mass is 10.1. The van der Waals surface area contributed by atoms with Gasteiger partial charge in [0, 0.05) is 24.9 Å². The molecule has 0 unspecified atom stereocenters. The number of amides is 3. The van der Waals surface area contributed by atoms with E-state index in [1.807, 2.05) is 52.0 Å². The second kappa shape index (κ2) is 6.78. The van der Waals surface area contributed by atoms with Crippen molar-refractivity contribution in [1.29, 1.82) is 0 Å². The summed E-state index contributed by atoms with van der Waals surface area (Å²) in [5, 5.41) is 0. The lowest BCUT2D eigenvalue weighted by molar-refractivity contribution is -0.129. The Morgan fingerprint density at radius 2 is 1.54 bits per heavy atom. The van der Waals surface area contributed by atoms with Gasteiger partial charge in [-0.15, -0.1) is 0 Å². The van der Waals surface area contributed by atoms with Gasteiger partial charge in [0.1, 0.15) is 0 Å². The van der Waals surface area contributed by atoms with Crippen molar-refractivity contribution < 1.29 is 9.59 Å². The number of anilines is 2. The van der Waals surface area contributed by atoms with Crippen molar-refractivity contribution in [2.75, 3.05) is 4.90 Å². The summed E-state index contributed by atoms with van der Waals surface area (Å²) in [6, 6.07) is 8.61. The average molecular weight is 326 g/mol. The molecule has 0 spiro atoms. The van der Waals surface area contributed by atoms with Gasteiger partial charge in [0.25, 0.3) is 0 Å². The van der Waals surface area contributed by atoms with Crippen LogP contribution in [0.2, 0.25) is 0 Å². The van der Waals surface area contributed by atoms with Crippen LogP contribution >= 0.6 is 0 Å². The molecule has 24 heavy (non-hydrogen) atoms. The molecule has 0 radical (unpaired) electrons. The predicted octanol–water partition coefficient (Wildman–Crippen LogP) is 3.69. The van der Waals surface area contributed by atoms with Gasteiger partial charge in [0.05, 0.1) is 5.69 Å². The summed E-state index contributed by atoms with van der Waals surface area (Å²) in [4.78, 5) is 36.2. The molecule has 1 aromatic heterocycles. The van der Waals surface area contributed by atoms with E-state index in [2.05, 4.69) is 9.97 Å². The first-order chi connectivity index (χ1) is 11.2. The Labute approximate surface area is 142 Å². The molecule has 6 heteroatoms. The van der Waals surface area contributed by atoms with Gasteiger partial charge >= 0.3 is 6.03 Å². The van der Waals surface area contributed by atoms with Crippen molar-refractivity contribution in [2.24, 2.45) is 0 Å². The molecule has 1 aromatic carbocycles. The standard InChI is InChI=1S/C18H22N4O2/c1-13-7-9-15(10-8-13)21(16-19-11-6-12-20-16)17(24)22(14(2)23)18(3,4)5/h6-12H,1-5H3. The maximum Gasteiger partial charge on any atom is 0.338 e. The minimum atomic E-state index is -0.666. The molecule has 0 aliphatic rings. The number of carbonyl (C=O) groups excluding carboxylic acids is 2. The number of benzene rings is 1. The summed E-state index contributed by atoms with van der Waals surface area (Å²) >= 11 is 0. The molecule has 0 atom stereocenters. The Morgan fingerprint density at radius 1 is 1.00 bits per heavy atom. The lowest BCUT2D eigenvalue weighted by Crippen LogP contribution is -2.53. The van der Waals surface area contributed by atoms with Crippen molar-refractivity contribution in [2.45, 2.75) is 40.2 Å². The Balaban J connectivity index is 2.56. The summed E-state index contributed by atoms with van der Waals surface area (Å²) in [6.45, 7) is 8.77. The fourth-order valence-corrected chi connectivity index (χ4v) is 2.41.